The van der Waals surface area contributed by atoms with Gasteiger partial charge in [-0.15, -0.1) is 0 Å². The van der Waals surface area contributed by atoms with Crippen LogP contribution in [0.3, 0.4) is 0 Å². The smallest absolute Gasteiger partial charge is 0.126 e. The van der Waals surface area contributed by atoms with E-state index in [1.807, 2.05) is 14.1 Å². The lowest BCUT2D eigenvalue weighted by Gasteiger charge is -2.28. The predicted octanol–water partition coefficient (Wildman–Crippen LogP) is 6.44. The van der Waals surface area contributed by atoms with Gasteiger partial charge in [0.05, 0.1) is 0 Å². The highest BCUT2D eigenvalue weighted by Crippen LogP contribution is 2.34. The molecule has 27 heavy (non-hydrogen) atoms. The van der Waals surface area contributed by atoms with E-state index < -0.39 is 0 Å². The number of Topliss-reactive ketones (excluding diaryl/α,β-unsaturated/α-hetero) is 2. The summed E-state index contributed by atoms with van der Waals surface area (Å²) in [5.74, 6) is 0.333. The van der Waals surface area contributed by atoms with E-state index in [2.05, 4.69) is 46.9 Å². The summed E-state index contributed by atoms with van der Waals surface area (Å²) >= 11 is 0. The molecule has 0 saturated heterocycles. The Morgan fingerprint density at radius 1 is 0.741 bits per heavy atom. The van der Waals surface area contributed by atoms with Crippen LogP contribution in [0.1, 0.15) is 114 Å². The molecule has 1 aliphatic rings. The average Bonchev–Trinajstić information content (AvgIpc) is 2.50. The Balaban J connectivity index is -0.0000000510. The number of aliphatic hydroxyl groups excluding tert-OH is 1. The van der Waals surface area contributed by atoms with Crippen LogP contribution in [0, 0.1) is 5.41 Å². The van der Waals surface area contributed by atoms with Crippen LogP contribution in [0.5, 0.6) is 0 Å². The molecule has 4 nitrogen and oxygen atoms in total. The van der Waals surface area contributed by atoms with E-state index in [9.17, 15) is 9.59 Å². The number of nitrogens with one attached hydrogen (secondary N) is 1. The largest absolute Gasteiger partial charge is 0.400 e. The average molecular weight is 394 g/mol. The second-order valence-corrected chi connectivity index (χ2v) is 7.46. The van der Waals surface area contributed by atoms with Crippen LogP contribution in [0.15, 0.2) is 0 Å². The van der Waals surface area contributed by atoms with Crippen LogP contribution in [0.2, 0.25) is 0 Å². The molecule has 170 valence electrons. The highest BCUT2D eigenvalue weighted by molar-refractivity contribution is 5.72. The van der Waals surface area contributed by atoms with Crippen molar-refractivity contribution in [3.8, 4) is 0 Å². The van der Waals surface area contributed by atoms with Crippen molar-refractivity contribution < 1.29 is 14.7 Å². The molecule has 0 aromatic carbocycles. The maximum Gasteiger partial charge on any atom is 0.126 e. The molecule has 0 aliphatic heterocycles. The lowest BCUT2D eigenvalue weighted by atomic mass is 9.78. The molecule has 0 amide bonds. The quantitative estimate of drug-likeness (QED) is 0.496. The van der Waals surface area contributed by atoms with Crippen molar-refractivity contribution in [1.82, 2.24) is 5.32 Å². The highest BCUT2D eigenvalue weighted by Gasteiger charge is 2.19. The van der Waals surface area contributed by atoms with E-state index in [4.69, 9.17) is 5.11 Å². The first kappa shape index (κ1) is 40.8. The first-order valence-corrected chi connectivity index (χ1v) is 10.4. The van der Waals surface area contributed by atoms with Gasteiger partial charge in [0.15, 0.2) is 0 Å². The number of carbonyl (C=O) groups is 2. The molecule has 0 heterocycles. The Hall–Kier alpha value is -0.740. The Morgan fingerprint density at radius 2 is 0.889 bits per heavy atom. The maximum atomic E-state index is 9.44. The van der Waals surface area contributed by atoms with Gasteiger partial charge in [-0.25, -0.2) is 0 Å². The van der Waals surface area contributed by atoms with Crippen LogP contribution < -0.4 is 5.32 Å². The highest BCUT2D eigenvalue weighted by atomic mass is 16.2. The zero-order valence-electron chi connectivity index (χ0n) is 21.2. The van der Waals surface area contributed by atoms with E-state index in [1.165, 1.54) is 72.6 Å². The molecule has 1 fully saturated rings. The summed E-state index contributed by atoms with van der Waals surface area (Å²) in [6.07, 6.45) is 9.81. The fourth-order valence-electron chi connectivity index (χ4n) is 1.51. The van der Waals surface area contributed by atoms with Gasteiger partial charge in [-0.1, -0.05) is 73.6 Å². The summed E-state index contributed by atoms with van der Waals surface area (Å²) in [7, 11) is 4.75. The van der Waals surface area contributed by atoms with Crippen LogP contribution in [-0.2, 0) is 9.59 Å². The van der Waals surface area contributed by atoms with Crippen molar-refractivity contribution in [2.45, 2.75) is 114 Å². The van der Waals surface area contributed by atoms with Crippen molar-refractivity contribution in [3.05, 3.63) is 0 Å². The van der Waals surface area contributed by atoms with Crippen molar-refractivity contribution in [3.63, 3.8) is 0 Å². The molecule has 1 rings (SSSR count). The number of aliphatic hydroxyl groups is 1. The van der Waals surface area contributed by atoms with E-state index in [0.717, 1.165) is 7.11 Å². The van der Waals surface area contributed by atoms with E-state index in [0.29, 0.717) is 5.41 Å². The summed E-state index contributed by atoms with van der Waals surface area (Å²) in [6.45, 7) is 19.4. The minimum Gasteiger partial charge on any atom is -0.400 e. The molecule has 0 bridgehead atoms. The van der Waals surface area contributed by atoms with E-state index >= 15 is 0 Å². The first-order valence-electron chi connectivity index (χ1n) is 10.4. The molecule has 0 aromatic rings. The van der Waals surface area contributed by atoms with Gasteiger partial charge in [-0.05, 0) is 60.0 Å². The third-order valence-electron chi connectivity index (χ3n) is 2.21. The molecule has 0 radical (unpaired) electrons. The van der Waals surface area contributed by atoms with Crippen LogP contribution >= 0.6 is 0 Å². The third kappa shape index (κ3) is 159. The van der Waals surface area contributed by atoms with Gasteiger partial charge < -0.3 is 20.0 Å². The number of carbonyl (C=O) groups excluding carboxylic acids is 2. The number of rotatable bonds is 0. The molecule has 4 heteroatoms. The van der Waals surface area contributed by atoms with Crippen LogP contribution in [-0.4, -0.2) is 37.9 Å². The molecule has 2 N–H and O–H groups in total. The van der Waals surface area contributed by atoms with Crippen molar-refractivity contribution in [1.29, 1.82) is 0 Å². The minimum absolute atomic E-state index is 0.167. The van der Waals surface area contributed by atoms with Crippen molar-refractivity contribution in [2.24, 2.45) is 5.41 Å². The van der Waals surface area contributed by atoms with Gasteiger partial charge in [-0.3, -0.25) is 0 Å². The van der Waals surface area contributed by atoms with Gasteiger partial charge in [0.25, 0.3) is 0 Å². The normalized spacial score (nSPS) is 12.4. The van der Waals surface area contributed by atoms with Crippen molar-refractivity contribution in [2.75, 3.05) is 21.2 Å². The topological polar surface area (TPSA) is 66.4 Å². The van der Waals surface area contributed by atoms with Gasteiger partial charge in [0, 0.05) is 7.11 Å². The Kier molecular flexibility index (Phi) is 60.6. The zero-order valence-corrected chi connectivity index (χ0v) is 21.2. The molecule has 1 saturated carbocycles. The molecule has 1 aliphatic carbocycles. The second-order valence-electron chi connectivity index (χ2n) is 7.46. The molecule has 0 unspecified atom stereocenters. The fourth-order valence-corrected chi connectivity index (χ4v) is 1.51. The van der Waals surface area contributed by atoms with Gasteiger partial charge in [0.1, 0.15) is 11.6 Å². The number of hydrogen-bond acceptors (Lipinski definition) is 4. The molecule has 0 spiro atoms. The molecule has 0 aromatic heterocycles. The zero-order chi connectivity index (χ0) is 23.3. The monoisotopic (exact) mass is 393 g/mol. The Bertz CT molecular complexity index is 219. The number of ketones is 2. The standard InChI is InChI=1S/C8H16.2C3H6O.2C3H8.C2H7N.CH4O/c1-8(2)6-4-3-5-7-8;2*1-3(2)4;3*1-3-2;1-2/h3-7H2,1-2H3;2*1-2H3;2*3H2,1-2H3;3H,1-2H3;2H,1H3. The van der Waals surface area contributed by atoms with Gasteiger partial charge >= 0.3 is 0 Å². The lowest BCUT2D eigenvalue weighted by molar-refractivity contribution is -0.115. The third-order valence-corrected chi connectivity index (χ3v) is 2.21. The summed E-state index contributed by atoms with van der Waals surface area (Å²) in [5, 5.41) is 9.75. The Morgan fingerprint density at radius 3 is 0.963 bits per heavy atom. The summed E-state index contributed by atoms with van der Waals surface area (Å²) in [4.78, 5) is 18.9. The fraction of sp³-hybridized carbons (Fsp3) is 0.913. The SMILES string of the molecule is CC(C)=O.CC(C)=O.CC1(C)CCCCC1.CCC.CCC.CNC.CO. The summed E-state index contributed by atoms with van der Waals surface area (Å²) in [6, 6.07) is 0. The minimum atomic E-state index is 0.167. The molecule has 0 atom stereocenters. The second kappa shape index (κ2) is 40.1. The number of hydrogen-bond donors (Lipinski definition) is 2. The summed E-state index contributed by atoms with van der Waals surface area (Å²) < 4.78 is 0. The van der Waals surface area contributed by atoms with E-state index in [-0.39, 0.29) is 11.6 Å². The van der Waals surface area contributed by atoms with Gasteiger partial charge in [-0.2, -0.15) is 0 Å². The maximum absolute atomic E-state index is 9.44. The van der Waals surface area contributed by atoms with E-state index in [1.54, 1.807) is 0 Å². The van der Waals surface area contributed by atoms with Crippen LogP contribution in [0.25, 0.3) is 0 Å². The van der Waals surface area contributed by atoms with Gasteiger partial charge in [0.2, 0.25) is 0 Å². The first-order chi connectivity index (χ1) is 12.4. The summed E-state index contributed by atoms with van der Waals surface area (Å²) in [5.41, 5.74) is 0.679. The van der Waals surface area contributed by atoms with Crippen molar-refractivity contribution >= 4 is 11.6 Å². The Labute approximate surface area is 172 Å². The van der Waals surface area contributed by atoms with Crippen LogP contribution in [0.4, 0.5) is 0 Å². The molecular formula is C23H55NO3. The predicted molar refractivity (Wildman–Crippen MR) is 125 cm³/mol. The molecular weight excluding hydrogens is 338 g/mol. The lowest BCUT2D eigenvalue weighted by Crippen LogP contribution is -2.14.